The molecular formula is C10H10ClNO. The van der Waals surface area contributed by atoms with Crippen LogP contribution in [0.25, 0.3) is 10.9 Å². The van der Waals surface area contributed by atoms with Crippen LogP contribution in [-0.2, 0) is 0 Å². The molecule has 68 valence electrons. The molecule has 0 amide bonds. The van der Waals surface area contributed by atoms with Gasteiger partial charge in [-0.25, -0.2) is 0 Å². The lowest BCUT2D eigenvalue weighted by Crippen LogP contribution is -1.84. The number of nitrogens with one attached hydrogen (secondary N) is 1. The minimum atomic E-state index is 0.641. The molecule has 1 N–H and O–H groups in total. The van der Waals surface area contributed by atoms with Gasteiger partial charge in [-0.2, -0.15) is 0 Å². The van der Waals surface area contributed by atoms with E-state index in [1.807, 2.05) is 25.1 Å². The van der Waals surface area contributed by atoms with Crippen LogP contribution in [0.3, 0.4) is 0 Å². The second-order valence-corrected chi connectivity index (χ2v) is 3.40. The van der Waals surface area contributed by atoms with Crippen molar-refractivity contribution in [1.82, 2.24) is 4.98 Å². The molecule has 2 rings (SSSR count). The molecule has 0 fully saturated rings. The van der Waals surface area contributed by atoms with Gasteiger partial charge in [-0.1, -0.05) is 17.7 Å². The molecule has 0 spiro atoms. The van der Waals surface area contributed by atoms with Crippen molar-refractivity contribution in [2.45, 2.75) is 6.92 Å². The van der Waals surface area contributed by atoms with E-state index in [4.69, 9.17) is 16.3 Å². The van der Waals surface area contributed by atoms with Crippen LogP contribution >= 0.6 is 11.6 Å². The standard InChI is InChI=1S/C10H10ClNO/c1-6-3-4-8(13-2)7-5-9(11)12-10(6)7/h3-5,12H,1-2H3. The molecule has 0 unspecified atom stereocenters. The number of aromatic nitrogens is 1. The van der Waals surface area contributed by atoms with Crippen LogP contribution < -0.4 is 4.74 Å². The van der Waals surface area contributed by atoms with Gasteiger partial charge in [0.15, 0.2) is 0 Å². The second kappa shape index (κ2) is 2.96. The van der Waals surface area contributed by atoms with Crippen LogP contribution in [0.5, 0.6) is 5.75 Å². The molecular weight excluding hydrogens is 186 g/mol. The highest BCUT2D eigenvalue weighted by atomic mass is 35.5. The second-order valence-electron chi connectivity index (χ2n) is 2.99. The summed E-state index contributed by atoms with van der Waals surface area (Å²) in [6.45, 7) is 2.04. The quantitative estimate of drug-likeness (QED) is 0.743. The first-order valence-electron chi connectivity index (χ1n) is 4.04. The molecule has 0 bridgehead atoms. The molecule has 0 saturated carbocycles. The highest BCUT2D eigenvalue weighted by Crippen LogP contribution is 2.30. The van der Waals surface area contributed by atoms with Gasteiger partial charge < -0.3 is 9.72 Å². The molecule has 13 heavy (non-hydrogen) atoms. The third-order valence-corrected chi connectivity index (χ3v) is 2.35. The summed E-state index contributed by atoms with van der Waals surface area (Å²) in [5.41, 5.74) is 2.21. The number of fused-ring (bicyclic) bond motifs is 1. The van der Waals surface area contributed by atoms with Crippen LogP contribution in [0.1, 0.15) is 5.56 Å². The first-order chi connectivity index (χ1) is 6.22. The molecule has 3 heteroatoms. The summed E-state index contributed by atoms with van der Waals surface area (Å²) in [6, 6.07) is 5.83. The molecule has 0 saturated heterocycles. The number of methoxy groups -OCH3 is 1. The molecule has 0 atom stereocenters. The largest absolute Gasteiger partial charge is 0.496 e. The summed E-state index contributed by atoms with van der Waals surface area (Å²) in [6.07, 6.45) is 0. The van der Waals surface area contributed by atoms with Gasteiger partial charge in [-0.3, -0.25) is 0 Å². The van der Waals surface area contributed by atoms with E-state index in [1.54, 1.807) is 7.11 Å². The zero-order valence-electron chi connectivity index (χ0n) is 7.52. The lowest BCUT2D eigenvalue weighted by atomic mass is 10.1. The predicted molar refractivity (Wildman–Crippen MR) is 54.6 cm³/mol. The van der Waals surface area contributed by atoms with Crippen molar-refractivity contribution < 1.29 is 4.74 Å². The minimum Gasteiger partial charge on any atom is -0.496 e. The first-order valence-corrected chi connectivity index (χ1v) is 4.42. The summed E-state index contributed by atoms with van der Waals surface area (Å²) in [5, 5.41) is 1.68. The Hall–Kier alpha value is -1.15. The van der Waals surface area contributed by atoms with E-state index in [0.717, 1.165) is 16.7 Å². The Bertz CT molecular complexity index is 447. The Balaban J connectivity index is 2.83. The fourth-order valence-corrected chi connectivity index (χ4v) is 1.68. The van der Waals surface area contributed by atoms with Gasteiger partial charge in [-0.05, 0) is 24.6 Å². The van der Waals surface area contributed by atoms with Gasteiger partial charge in [0.2, 0.25) is 0 Å². The van der Waals surface area contributed by atoms with Crippen molar-refractivity contribution in [2.24, 2.45) is 0 Å². The maximum Gasteiger partial charge on any atom is 0.128 e. The van der Waals surface area contributed by atoms with Gasteiger partial charge >= 0.3 is 0 Å². The maximum absolute atomic E-state index is 5.87. The molecule has 0 radical (unpaired) electrons. The van der Waals surface area contributed by atoms with Crippen LogP contribution in [-0.4, -0.2) is 12.1 Å². The van der Waals surface area contributed by atoms with Gasteiger partial charge in [-0.15, -0.1) is 0 Å². The SMILES string of the molecule is COc1ccc(C)c2[nH]c(Cl)cc12. The number of hydrogen-bond acceptors (Lipinski definition) is 1. The van der Waals surface area contributed by atoms with Crippen LogP contribution in [0.4, 0.5) is 0 Å². The monoisotopic (exact) mass is 195 g/mol. The third kappa shape index (κ3) is 1.27. The fourth-order valence-electron chi connectivity index (χ4n) is 1.48. The number of aromatic amines is 1. The molecule has 1 heterocycles. The van der Waals surface area contributed by atoms with Gasteiger partial charge in [0.05, 0.1) is 12.6 Å². The Morgan fingerprint density at radius 2 is 2.15 bits per heavy atom. The Morgan fingerprint density at radius 1 is 1.38 bits per heavy atom. The fraction of sp³-hybridized carbons (Fsp3) is 0.200. The normalized spacial score (nSPS) is 10.7. The van der Waals surface area contributed by atoms with E-state index in [0.29, 0.717) is 5.15 Å². The van der Waals surface area contributed by atoms with Crippen LogP contribution in [0.2, 0.25) is 5.15 Å². The average molecular weight is 196 g/mol. The number of hydrogen-bond donors (Lipinski definition) is 1. The average Bonchev–Trinajstić information content (AvgIpc) is 2.48. The summed E-state index contributed by atoms with van der Waals surface area (Å²) in [5.74, 6) is 0.851. The number of benzene rings is 1. The molecule has 1 aromatic heterocycles. The summed E-state index contributed by atoms with van der Waals surface area (Å²) < 4.78 is 5.22. The first kappa shape index (κ1) is 8.45. The van der Waals surface area contributed by atoms with Crippen LogP contribution in [0.15, 0.2) is 18.2 Å². The van der Waals surface area contributed by atoms with Crippen molar-refractivity contribution in [3.63, 3.8) is 0 Å². The minimum absolute atomic E-state index is 0.641. The predicted octanol–water partition coefficient (Wildman–Crippen LogP) is 3.14. The van der Waals surface area contributed by atoms with Gasteiger partial charge in [0.25, 0.3) is 0 Å². The lowest BCUT2D eigenvalue weighted by Gasteiger charge is -2.02. The van der Waals surface area contributed by atoms with E-state index in [-0.39, 0.29) is 0 Å². The molecule has 1 aromatic carbocycles. The van der Waals surface area contributed by atoms with Crippen molar-refractivity contribution in [2.75, 3.05) is 7.11 Å². The topological polar surface area (TPSA) is 25.0 Å². The Kier molecular flexibility index (Phi) is 1.93. The Morgan fingerprint density at radius 3 is 2.85 bits per heavy atom. The van der Waals surface area contributed by atoms with Gasteiger partial charge in [0.1, 0.15) is 10.9 Å². The number of H-pyrrole nitrogens is 1. The van der Waals surface area contributed by atoms with E-state index in [2.05, 4.69) is 4.98 Å². The van der Waals surface area contributed by atoms with E-state index < -0.39 is 0 Å². The third-order valence-electron chi connectivity index (χ3n) is 2.15. The zero-order valence-corrected chi connectivity index (χ0v) is 8.27. The summed E-state index contributed by atoms with van der Waals surface area (Å²) in [7, 11) is 1.66. The number of halogens is 1. The van der Waals surface area contributed by atoms with Gasteiger partial charge in [0, 0.05) is 5.39 Å². The van der Waals surface area contributed by atoms with E-state index in [1.165, 1.54) is 5.56 Å². The molecule has 0 aliphatic rings. The number of rotatable bonds is 1. The lowest BCUT2D eigenvalue weighted by molar-refractivity contribution is 0.420. The zero-order chi connectivity index (χ0) is 9.42. The summed E-state index contributed by atoms with van der Waals surface area (Å²) >= 11 is 5.87. The van der Waals surface area contributed by atoms with Crippen molar-refractivity contribution >= 4 is 22.5 Å². The smallest absolute Gasteiger partial charge is 0.128 e. The molecule has 2 aromatic rings. The van der Waals surface area contributed by atoms with Crippen molar-refractivity contribution in [3.05, 3.63) is 28.9 Å². The van der Waals surface area contributed by atoms with Crippen molar-refractivity contribution in [3.8, 4) is 5.75 Å². The molecule has 0 aliphatic heterocycles. The Labute approximate surface area is 81.5 Å². The highest BCUT2D eigenvalue weighted by molar-refractivity contribution is 6.30. The number of ether oxygens (including phenoxy) is 1. The van der Waals surface area contributed by atoms with Crippen molar-refractivity contribution in [1.29, 1.82) is 0 Å². The number of aryl methyl sites for hydroxylation is 1. The molecule has 0 aliphatic carbocycles. The highest BCUT2D eigenvalue weighted by Gasteiger charge is 2.06. The van der Waals surface area contributed by atoms with E-state index >= 15 is 0 Å². The van der Waals surface area contributed by atoms with E-state index in [9.17, 15) is 0 Å². The molecule has 2 nitrogen and oxygen atoms in total. The maximum atomic E-state index is 5.87. The summed E-state index contributed by atoms with van der Waals surface area (Å²) in [4.78, 5) is 3.09. The van der Waals surface area contributed by atoms with Crippen LogP contribution in [0, 0.1) is 6.92 Å².